The fourth-order valence-electron chi connectivity index (χ4n) is 4.35. The van der Waals surface area contributed by atoms with Crippen molar-refractivity contribution in [2.75, 3.05) is 4.90 Å². The summed E-state index contributed by atoms with van der Waals surface area (Å²) in [4.78, 5) is 12.0. The topological polar surface area (TPSA) is 29.0 Å². The molecule has 0 saturated carbocycles. The van der Waals surface area contributed by atoms with E-state index in [1.54, 1.807) is 0 Å². The highest BCUT2D eigenvalue weighted by Gasteiger charge is 2.15. The second kappa shape index (κ2) is 9.55. The van der Waals surface area contributed by atoms with Crippen molar-refractivity contribution < 1.29 is 0 Å². The van der Waals surface area contributed by atoms with Gasteiger partial charge in [0.1, 0.15) is 0 Å². The lowest BCUT2D eigenvalue weighted by molar-refractivity contribution is 1.15. The van der Waals surface area contributed by atoms with E-state index < -0.39 is 0 Å². The van der Waals surface area contributed by atoms with Crippen LogP contribution < -0.4 is 15.3 Å². The summed E-state index contributed by atoms with van der Waals surface area (Å²) in [5.74, 6) is 0. The molecule has 0 spiro atoms. The Hall–Kier alpha value is -4.24. The first-order valence-corrected chi connectivity index (χ1v) is 12.0. The molecule has 172 valence electrons. The molecule has 5 aromatic rings. The van der Waals surface area contributed by atoms with Gasteiger partial charge in [0.05, 0.1) is 22.1 Å². The van der Waals surface area contributed by atoms with Gasteiger partial charge in [0, 0.05) is 17.1 Å². The van der Waals surface area contributed by atoms with Crippen LogP contribution in [0.15, 0.2) is 96.7 Å². The molecule has 0 saturated heterocycles. The van der Waals surface area contributed by atoms with E-state index in [1.165, 1.54) is 11.1 Å². The van der Waals surface area contributed by atoms with E-state index in [-0.39, 0.29) is 0 Å². The Balaban J connectivity index is 1.73. The molecule has 1 aromatic heterocycles. The van der Waals surface area contributed by atoms with Crippen LogP contribution in [0.1, 0.15) is 24.5 Å². The number of benzene rings is 4. The minimum Gasteiger partial charge on any atom is -0.311 e. The number of aryl methyl sites for hydroxylation is 2. The maximum atomic E-state index is 4.91. The van der Waals surface area contributed by atoms with Gasteiger partial charge in [-0.2, -0.15) is 0 Å². The number of nitrogens with zero attached hydrogens (tertiary/aromatic N) is 3. The zero-order valence-corrected chi connectivity index (χ0v) is 20.5. The number of allylic oxidation sites excluding steroid dienone is 2. The zero-order valence-electron chi connectivity index (χ0n) is 20.5. The third-order valence-electron chi connectivity index (χ3n) is 6.15. The van der Waals surface area contributed by atoms with Crippen LogP contribution >= 0.6 is 0 Å². The summed E-state index contributed by atoms with van der Waals surface area (Å²) in [6.07, 6.45) is 5.39. The zero-order chi connectivity index (χ0) is 24.4. The van der Waals surface area contributed by atoms with Crippen molar-refractivity contribution >= 4 is 46.1 Å². The highest BCUT2D eigenvalue weighted by atomic mass is 15.1. The minimum absolute atomic E-state index is 0.877. The summed E-state index contributed by atoms with van der Waals surface area (Å²) in [6, 6.07) is 29.4. The summed E-state index contributed by atoms with van der Waals surface area (Å²) >= 11 is 0. The Kier molecular flexibility index (Phi) is 6.15. The first kappa shape index (κ1) is 22.5. The third kappa shape index (κ3) is 4.71. The lowest BCUT2D eigenvalue weighted by Crippen LogP contribution is -2.25. The second-order valence-electron chi connectivity index (χ2n) is 8.94. The molecule has 0 radical (unpaired) electrons. The van der Waals surface area contributed by atoms with Crippen LogP contribution in [0.4, 0.5) is 11.4 Å². The Morgan fingerprint density at radius 2 is 1.37 bits per heavy atom. The summed E-state index contributed by atoms with van der Waals surface area (Å²) in [6.45, 7) is 10.7. The molecule has 0 aliphatic rings. The van der Waals surface area contributed by atoms with Crippen LogP contribution in [-0.4, -0.2) is 9.97 Å². The van der Waals surface area contributed by atoms with E-state index >= 15 is 0 Å². The first-order valence-electron chi connectivity index (χ1n) is 12.0. The second-order valence-corrected chi connectivity index (χ2v) is 8.94. The lowest BCUT2D eigenvalue weighted by atomic mass is 10.1. The molecule has 35 heavy (non-hydrogen) atoms. The SMILES string of the molecule is C=c1cc(C)ccc1=CC(=CCC)N(c1ccc(C)cc1)c1ccc2nc3ccccc3nc2c1. The van der Waals surface area contributed by atoms with Crippen molar-refractivity contribution in [3.63, 3.8) is 0 Å². The molecule has 3 heteroatoms. The van der Waals surface area contributed by atoms with Crippen LogP contribution in [0.5, 0.6) is 0 Å². The molecule has 0 amide bonds. The van der Waals surface area contributed by atoms with Crippen molar-refractivity contribution in [2.24, 2.45) is 0 Å². The van der Waals surface area contributed by atoms with Crippen LogP contribution in [0.25, 0.3) is 34.7 Å². The Labute approximate surface area is 206 Å². The normalized spacial score (nSPS) is 12.4. The van der Waals surface area contributed by atoms with E-state index in [0.717, 1.165) is 56.0 Å². The average Bonchev–Trinajstić information content (AvgIpc) is 2.85. The molecular formula is C32H29N3. The van der Waals surface area contributed by atoms with Crippen molar-refractivity contribution in [3.05, 3.63) is 118 Å². The predicted octanol–water partition coefficient (Wildman–Crippen LogP) is 6.72. The predicted molar refractivity (Wildman–Crippen MR) is 149 cm³/mol. The first-order chi connectivity index (χ1) is 17.0. The molecular weight excluding hydrogens is 426 g/mol. The quantitative estimate of drug-likeness (QED) is 0.275. The largest absolute Gasteiger partial charge is 0.311 e. The van der Waals surface area contributed by atoms with Gasteiger partial charge in [-0.15, -0.1) is 0 Å². The number of fused-ring (bicyclic) bond motifs is 2. The number of rotatable bonds is 5. The maximum Gasteiger partial charge on any atom is 0.0915 e. The highest BCUT2D eigenvalue weighted by molar-refractivity contribution is 5.89. The van der Waals surface area contributed by atoms with Crippen LogP contribution in [0.3, 0.4) is 0 Å². The van der Waals surface area contributed by atoms with Gasteiger partial charge in [-0.05, 0) is 79.2 Å². The molecule has 0 aliphatic carbocycles. The standard InChI is InChI=1S/C32H29N3/c1-5-8-27(20-25-14-11-23(3)19-24(25)4)35(26-15-12-22(2)13-16-26)28-17-18-31-32(21-28)34-30-10-7-6-9-29(30)33-31/h6-21H,4-5H2,1-3H3. The molecule has 0 atom stereocenters. The van der Waals surface area contributed by atoms with Gasteiger partial charge >= 0.3 is 0 Å². The van der Waals surface area contributed by atoms with Gasteiger partial charge in [0.25, 0.3) is 0 Å². The molecule has 0 fully saturated rings. The van der Waals surface area contributed by atoms with Gasteiger partial charge in [-0.1, -0.05) is 73.2 Å². The molecule has 0 unspecified atom stereocenters. The molecule has 5 rings (SSSR count). The van der Waals surface area contributed by atoms with E-state index in [0.29, 0.717) is 0 Å². The summed E-state index contributed by atoms with van der Waals surface area (Å²) < 4.78 is 0. The summed E-state index contributed by atoms with van der Waals surface area (Å²) in [5, 5.41) is 2.13. The van der Waals surface area contributed by atoms with E-state index in [2.05, 4.69) is 105 Å². The van der Waals surface area contributed by atoms with E-state index in [9.17, 15) is 0 Å². The van der Waals surface area contributed by atoms with Gasteiger partial charge in [0.15, 0.2) is 0 Å². The molecule has 0 bridgehead atoms. The Morgan fingerprint density at radius 1 is 0.743 bits per heavy atom. The number of para-hydroxylation sites is 2. The van der Waals surface area contributed by atoms with E-state index in [4.69, 9.17) is 9.97 Å². The lowest BCUT2D eigenvalue weighted by Gasteiger charge is -2.27. The van der Waals surface area contributed by atoms with Crippen molar-refractivity contribution in [3.8, 4) is 0 Å². The van der Waals surface area contributed by atoms with Gasteiger partial charge in [-0.25, -0.2) is 9.97 Å². The maximum absolute atomic E-state index is 4.91. The smallest absolute Gasteiger partial charge is 0.0915 e. The van der Waals surface area contributed by atoms with Gasteiger partial charge < -0.3 is 4.90 Å². The van der Waals surface area contributed by atoms with Crippen LogP contribution in [0, 0.1) is 13.8 Å². The summed E-state index contributed by atoms with van der Waals surface area (Å²) in [7, 11) is 0. The van der Waals surface area contributed by atoms with E-state index in [1.807, 2.05) is 24.3 Å². The fourth-order valence-corrected chi connectivity index (χ4v) is 4.35. The molecule has 0 N–H and O–H groups in total. The van der Waals surface area contributed by atoms with Crippen LogP contribution in [-0.2, 0) is 0 Å². The van der Waals surface area contributed by atoms with Crippen molar-refractivity contribution in [1.82, 2.24) is 9.97 Å². The fraction of sp³-hybridized carbons (Fsp3) is 0.125. The third-order valence-corrected chi connectivity index (χ3v) is 6.15. The number of hydrogen-bond donors (Lipinski definition) is 0. The number of aromatic nitrogens is 2. The van der Waals surface area contributed by atoms with Crippen molar-refractivity contribution in [2.45, 2.75) is 27.2 Å². The monoisotopic (exact) mass is 455 g/mol. The molecule has 0 aliphatic heterocycles. The highest BCUT2D eigenvalue weighted by Crippen LogP contribution is 2.33. The average molecular weight is 456 g/mol. The van der Waals surface area contributed by atoms with Crippen molar-refractivity contribution in [1.29, 1.82) is 0 Å². The molecule has 3 nitrogen and oxygen atoms in total. The number of anilines is 2. The molecule has 4 aromatic carbocycles. The van der Waals surface area contributed by atoms with Gasteiger partial charge in [-0.3, -0.25) is 0 Å². The van der Waals surface area contributed by atoms with Gasteiger partial charge in [0.2, 0.25) is 0 Å². The Morgan fingerprint density at radius 3 is 2.06 bits per heavy atom. The minimum atomic E-state index is 0.877. The molecule has 1 heterocycles. The number of hydrogen-bond acceptors (Lipinski definition) is 3. The van der Waals surface area contributed by atoms with Crippen LogP contribution in [0.2, 0.25) is 0 Å². The Bertz CT molecular complexity index is 1660. The summed E-state index contributed by atoms with van der Waals surface area (Å²) in [5.41, 5.74) is 9.25.